The molecule has 0 aliphatic heterocycles. The van der Waals surface area contributed by atoms with Gasteiger partial charge in [-0.2, -0.15) is 0 Å². The van der Waals surface area contributed by atoms with Gasteiger partial charge in [-0.05, 0) is 12.1 Å². The summed E-state index contributed by atoms with van der Waals surface area (Å²) in [6.45, 7) is -0.202. The summed E-state index contributed by atoms with van der Waals surface area (Å²) < 4.78 is 0. The third-order valence-electron chi connectivity index (χ3n) is 2.05. The highest BCUT2D eigenvalue weighted by Gasteiger charge is 2.11. The van der Waals surface area contributed by atoms with Crippen LogP contribution in [0.4, 0.5) is 0 Å². The van der Waals surface area contributed by atoms with Gasteiger partial charge in [-0.3, -0.25) is 0 Å². The Kier molecular flexibility index (Phi) is 4.23. The molecule has 0 saturated carbocycles. The topological polar surface area (TPSA) is 46.0 Å². The van der Waals surface area contributed by atoms with Crippen molar-refractivity contribution in [3.05, 3.63) is 46.3 Å². The molecule has 0 radical (unpaired) electrons. The highest BCUT2D eigenvalue weighted by atomic mass is 35.5. The van der Waals surface area contributed by atoms with Crippen molar-refractivity contribution in [2.24, 2.45) is 0 Å². The molecule has 0 atom stereocenters. The van der Waals surface area contributed by atoms with Gasteiger partial charge in [0.2, 0.25) is 0 Å². The van der Waals surface area contributed by atoms with Crippen LogP contribution in [0.2, 0.25) is 10.2 Å². The Bertz CT molecular complexity index is 537. The van der Waals surface area contributed by atoms with Gasteiger partial charge >= 0.3 is 0 Å². The average molecular weight is 287 g/mol. The molecule has 88 valence electrons. The molecule has 0 fully saturated rings. The van der Waals surface area contributed by atoms with Crippen molar-refractivity contribution in [1.29, 1.82) is 0 Å². The molecule has 2 aromatic rings. The molecule has 17 heavy (non-hydrogen) atoms. The van der Waals surface area contributed by atoms with E-state index in [0.29, 0.717) is 15.6 Å². The SMILES string of the molecule is OCc1c(Cl)ncnc1Sc1ccccc1Cl. The van der Waals surface area contributed by atoms with E-state index in [2.05, 4.69) is 9.97 Å². The highest BCUT2D eigenvalue weighted by Crippen LogP contribution is 2.34. The zero-order chi connectivity index (χ0) is 12.3. The standard InChI is InChI=1S/C11H8Cl2N2OS/c12-8-3-1-2-4-9(8)17-11-7(5-16)10(13)14-6-15-11/h1-4,6,16H,5H2. The first-order valence-corrected chi connectivity index (χ1v) is 6.32. The van der Waals surface area contributed by atoms with Crippen LogP contribution in [-0.2, 0) is 6.61 Å². The number of aliphatic hydroxyl groups is 1. The van der Waals surface area contributed by atoms with Crippen molar-refractivity contribution < 1.29 is 5.11 Å². The maximum atomic E-state index is 9.24. The van der Waals surface area contributed by atoms with Crippen LogP contribution >= 0.6 is 35.0 Å². The molecule has 0 unspecified atom stereocenters. The second-order valence-corrected chi connectivity index (χ2v) is 4.93. The lowest BCUT2D eigenvalue weighted by atomic mass is 10.4. The Morgan fingerprint density at radius 1 is 1.18 bits per heavy atom. The van der Waals surface area contributed by atoms with Gasteiger partial charge in [-0.15, -0.1) is 0 Å². The van der Waals surface area contributed by atoms with Gasteiger partial charge in [0.25, 0.3) is 0 Å². The van der Waals surface area contributed by atoms with Gasteiger partial charge in [-0.25, -0.2) is 9.97 Å². The molecule has 1 aromatic heterocycles. The summed E-state index contributed by atoms with van der Waals surface area (Å²) in [4.78, 5) is 8.78. The first kappa shape index (κ1) is 12.6. The van der Waals surface area contributed by atoms with E-state index in [0.717, 1.165) is 4.90 Å². The zero-order valence-corrected chi connectivity index (χ0v) is 10.9. The van der Waals surface area contributed by atoms with Crippen molar-refractivity contribution in [3.8, 4) is 0 Å². The van der Waals surface area contributed by atoms with Crippen LogP contribution < -0.4 is 0 Å². The predicted molar refractivity (Wildman–Crippen MR) is 68.5 cm³/mol. The summed E-state index contributed by atoms with van der Waals surface area (Å²) in [5, 5.41) is 10.7. The van der Waals surface area contributed by atoms with Gasteiger partial charge in [0, 0.05) is 10.5 Å². The molecule has 0 bridgehead atoms. The van der Waals surface area contributed by atoms with Gasteiger partial charge in [-0.1, -0.05) is 47.1 Å². The fraction of sp³-hybridized carbons (Fsp3) is 0.0909. The number of halogens is 2. The second-order valence-electron chi connectivity index (χ2n) is 3.14. The van der Waals surface area contributed by atoms with Crippen LogP contribution in [0.5, 0.6) is 0 Å². The number of hydrogen-bond acceptors (Lipinski definition) is 4. The van der Waals surface area contributed by atoms with Gasteiger partial charge in [0.15, 0.2) is 0 Å². The molecule has 1 N–H and O–H groups in total. The monoisotopic (exact) mass is 286 g/mol. The summed E-state index contributed by atoms with van der Waals surface area (Å²) in [7, 11) is 0. The van der Waals surface area contributed by atoms with E-state index in [-0.39, 0.29) is 11.8 Å². The Hall–Kier alpha value is -0.810. The molecular weight excluding hydrogens is 279 g/mol. The molecule has 0 amide bonds. The van der Waals surface area contributed by atoms with E-state index < -0.39 is 0 Å². The third-order valence-corrected chi connectivity index (χ3v) is 3.94. The number of aromatic nitrogens is 2. The zero-order valence-electron chi connectivity index (χ0n) is 8.60. The van der Waals surface area contributed by atoms with E-state index in [9.17, 15) is 5.11 Å². The molecule has 1 heterocycles. The van der Waals surface area contributed by atoms with Gasteiger partial charge in [0.05, 0.1) is 11.6 Å². The number of rotatable bonds is 3. The van der Waals surface area contributed by atoms with E-state index >= 15 is 0 Å². The minimum absolute atomic E-state index is 0.202. The molecule has 3 nitrogen and oxygen atoms in total. The first-order chi connectivity index (χ1) is 8.22. The summed E-state index contributed by atoms with van der Waals surface area (Å²) in [6.07, 6.45) is 1.36. The van der Waals surface area contributed by atoms with E-state index in [1.54, 1.807) is 6.07 Å². The summed E-state index contributed by atoms with van der Waals surface area (Å²) in [6, 6.07) is 7.41. The third kappa shape index (κ3) is 2.90. The normalized spacial score (nSPS) is 10.5. The van der Waals surface area contributed by atoms with Crippen LogP contribution in [0.3, 0.4) is 0 Å². The summed E-state index contributed by atoms with van der Waals surface area (Å²) >= 11 is 13.3. The minimum Gasteiger partial charge on any atom is -0.391 e. The molecule has 2 rings (SSSR count). The maximum absolute atomic E-state index is 9.24. The number of nitrogens with zero attached hydrogens (tertiary/aromatic N) is 2. The van der Waals surface area contributed by atoms with Crippen molar-refractivity contribution in [1.82, 2.24) is 9.97 Å². The molecule has 1 aromatic carbocycles. The van der Waals surface area contributed by atoms with Crippen LogP contribution in [-0.4, -0.2) is 15.1 Å². The smallest absolute Gasteiger partial charge is 0.139 e. The van der Waals surface area contributed by atoms with Crippen molar-refractivity contribution in [2.45, 2.75) is 16.5 Å². The van der Waals surface area contributed by atoms with Crippen LogP contribution in [0.15, 0.2) is 40.5 Å². The molecule has 0 aliphatic rings. The quantitative estimate of drug-likeness (QED) is 0.878. The number of hydrogen-bond donors (Lipinski definition) is 1. The summed E-state index contributed by atoms with van der Waals surface area (Å²) in [5.41, 5.74) is 0.513. The molecule has 0 saturated heterocycles. The average Bonchev–Trinajstić information content (AvgIpc) is 2.32. The van der Waals surface area contributed by atoms with Crippen molar-refractivity contribution in [3.63, 3.8) is 0 Å². The predicted octanol–water partition coefficient (Wildman–Crippen LogP) is 3.43. The lowest BCUT2D eigenvalue weighted by Gasteiger charge is -2.07. The van der Waals surface area contributed by atoms with Crippen LogP contribution in [0, 0.1) is 0 Å². The lowest BCUT2D eigenvalue weighted by molar-refractivity contribution is 0.277. The fourth-order valence-corrected chi connectivity index (χ4v) is 2.63. The highest BCUT2D eigenvalue weighted by molar-refractivity contribution is 7.99. The molecular formula is C11H8Cl2N2OS. The van der Waals surface area contributed by atoms with Crippen LogP contribution in [0.1, 0.15) is 5.56 Å². The van der Waals surface area contributed by atoms with Crippen molar-refractivity contribution >= 4 is 35.0 Å². The second kappa shape index (κ2) is 5.69. The van der Waals surface area contributed by atoms with E-state index in [1.165, 1.54) is 18.1 Å². The number of aliphatic hydroxyl groups excluding tert-OH is 1. The van der Waals surface area contributed by atoms with E-state index in [1.807, 2.05) is 18.2 Å². The van der Waals surface area contributed by atoms with Crippen LogP contribution in [0.25, 0.3) is 0 Å². The molecule has 6 heteroatoms. The Morgan fingerprint density at radius 3 is 2.65 bits per heavy atom. The Balaban J connectivity index is 2.37. The minimum atomic E-state index is -0.202. The number of benzene rings is 1. The lowest BCUT2D eigenvalue weighted by Crippen LogP contribution is -1.95. The fourth-order valence-electron chi connectivity index (χ4n) is 1.23. The Labute approximate surface area is 113 Å². The maximum Gasteiger partial charge on any atom is 0.139 e. The summed E-state index contributed by atoms with van der Waals surface area (Å²) in [5.74, 6) is 0. The molecule has 0 spiro atoms. The molecule has 0 aliphatic carbocycles. The van der Waals surface area contributed by atoms with Gasteiger partial charge < -0.3 is 5.11 Å². The van der Waals surface area contributed by atoms with E-state index in [4.69, 9.17) is 23.2 Å². The van der Waals surface area contributed by atoms with Gasteiger partial charge in [0.1, 0.15) is 16.5 Å². The van der Waals surface area contributed by atoms with Crippen molar-refractivity contribution in [2.75, 3.05) is 0 Å². The largest absolute Gasteiger partial charge is 0.391 e. The Morgan fingerprint density at radius 2 is 1.94 bits per heavy atom. The first-order valence-electron chi connectivity index (χ1n) is 4.75.